The zero-order chi connectivity index (χ0) is 14.8. The van der Waals surface area contributed by atoms with Crippen molar-refractivity contribution in [3.05, 3.63) is 35.4 Å². The number of benzene rings is 1. The molecule has 6 nitrogen and oxygen atoms in total. The van der Waals surface area contributed by atoms with E-state index in [9.17, 15) is 9.59 Å². The van der Waals surface area contributed by atoms with Gasteiger partial charge in [0.05, 0.1) is 6.21 Å². The molecular weight excluding hydrogens is 258 g/mol. The van der Waals surface area contributed by atoms with Gasteiger partial charge in [-0.1, -0.05) is 41.9 Å². The molecule has 0 bridgehead atoms. The Balaban J connectivity index is 2.24. The highest BCUT2D eigenvalue weighted by Crippen LogP contribution is 2.00. The molecule has 0 unspecified atom stereocenters. The van der Waals surface area contributed by atoms with Crippen LogP contribution in [0.1, 0.15) is 24.5 Å². The Bertz CT molecular complexity index is 469. The molecule has 0 fully saturated rings. The number of carbonyl (C=O) groups excluding carboxylic acids is 2. The summed E-state index contributed by atoms with van der Waals surface area (Å²) in [5.74, 6) is -0.542. The second kappa shape index (κ2) is 8.68. The lowest BCUT2D eigenvalue weighted by Gasteiger charge is -2.04. The lowest BCUT2D eigenvalue weighted by Crippen LogP contribution is -2.41. The summed E-state index contributed by atoms with van der Waals surface area (Å²) in [5.41, 5.74) is 2.03. The summed E-state index contributed by atoms with van der Waals surface area (Å²) in [6.45, 7) is 4.13. The molecule has 0 aromatic heterocycles. The van der Waals surface area contributed by atoms with Gasteiger partial charge in [-0.2, -0.15) is 0 Å². The number of hydrogen-bond acceptors (Lipinski definition) is 4. The van der Waals surface area contributed by atoms with E-state index in [1.165, 1.54) is 6.21 Å². The van der Waals surface area contributed by atoms with Crippen molar-refractivity contribution in [2.24, 2.45) is 5.16 Å². The van der Waals surface area contributed by atoms with Crippen molar-refractivity contribution in [2.75, 3.05) is 13.2 Å². The third kappa shape index (κ3) is 6.53. The highest BCUT2D eigenvalue weighted by molar-refractivity contribution is 5.94. The lowest BCUT2D eigenvalue weighted by molar-refractivity contribution is -0.124. The summed E-state index contributed by atoms with van der Waals surface area (Å²) in [6, 6.07) is 7.15. The van der Waals surface area contributed by atoms with Gasteiger partial charge >= 0.3 is 6.03 Å². The summed E-state index contributed by atoms with van der Waals surface area (Å²) in [6.07, 6.45) is 2.31. The molecule has 0 aliphatic carbocycles. The van der Waals surface area contributed by atoms with Crippen LogP contribution in [-0.4, -0.2) is 31.3 Å². The monoisotopic (exact) mass is 277 g/mol. The first-order valence-corrected chi connectivity index (χ1v) is 6.41. The molecule has 20 heavy (non-hydrogen) atoms. The summed E-state index contributed by atoms with van der Waals surface area (Å²) in [7, 11) is 0. The maximum atomic E-state index is 11.3. The van der Waals surface area contributed by atoms with Gasteiger partial charge in [0.1, 0.15) is 0 Å². The van der Waals surface area contributed by atoms with Crippen LogP contribution in [0.3, 0.4) is 0 Å². The highest BCUT2D eigenvalue weighted by Gasteiger charge is 2.06. The Morgan fingerprint density at radius 2 is 2.00 bits per heavy atom. The van der Waals surface area contributed by atoms with Crippen LogP contribution in [0, 0.1) is 6.92 Å². The molecule has 0 aliphatic heterocycles. The number of hydrogen-bond donors (Lipinski definition) is 2. The number of urea groups is 1. The zero-order valence-corrected chi connectivity index (χ0v) is 11.7. The molecule has 3 amide bonds. The van der Waals surface area contributed by atoms with Gasteiger partial charge in [0.15, 0.2) is 6.61 Å². The Morgan fingerprint density at radius 3 is 2.65 bits per heavy atom. The van der Waals surface area contributed by atoms with Gasteiger partial charge in [-0.05, 0) is 18.9 Å². The Hall–Kier alpha value is -2.37. The SMILES string of the molecule is CCCNC(=O)NC(=O)CO/N=C\c1ccc(C)cc1. The maximum absolute atomic E-state index is 11.3. The molecule has 1 aromatic rings. The second-order valence-electron chi connectivity index (χ2n) is 4.22. The first-order chi connectivity index (χ1) is 9.61. The summed E-state index contributed by atoms with van der Waals surface area (Å²) in [4.78, 5) is 27.3. The largest absolute Gasteiger partial charge is 0.386 e. The van der Waals surface area contributed by atoms with Crippen molar-refractivity contribution in [1.29, 1.82) is 0 Å². The van der Waals surface area contributed by atoms with Gasteiger partial charge in [0.25, 0.3) is 5.91 Å². The molecule has 0 saturated heterocycles. The quantitative estimate of drug-likeness (QED) is 0.612. The highest BCUT2D eigenvalue weighted by atomic mass is 16.6. The minimum absolute atomic E-state index is 0.304. The third-order valence-electron chi connectivity index (χ3n) is 2.34. The normalized spacial score (nSPS) is 10.3. The van der Waals surface area contributed by atoms with Crippen molar-refractivity contribution >= 4 is 18.2 Å². The fraction of sp³-hybridized carbons (Fsp3) is 0.357. The average molecular weight is 277 g/mol. The fourth-order valence-corrected chi connectivity index (χ4v) is 1.29. The van der Waals surface area contributed by atoms with Gasteiger partial charge in [0, 0.05) is 6.54 Å². The van der Waals surface area contributed by atoms with Gasteiger partial charge in [-0.15, -0.1) is 0 Å². The third-order valence-corrected chi connectivity index (χ3v) is 2.34. The molecule has 0 aliphatic rings. The summed E-state index contributed by atoms with van der Waals surface area (Å²) in [5, 5.41) is 8.32. The predicted molar refractivity (Wildman–Crippen MR) is 76.6 cm³/mol. The van der Waals surface area contributed by atoms with Crippen LogP contribution < -0.4 is 10.6 Å². The molecule has 0 heterocycles. The van der Waals surface area contributed by atoms with E-state index in [1.54, 1.807) is 0 Å². The van der Waals surface area contributed by atoms with Crippen LogP contribution in [0.15, 0.2) is 29.4 Å². The smallest absolute Gasteiger partial charge is 0.321 e. The van der Waals surface area contributed by atoms with Gasteiger partial charge in [-0.25, -0.2) is 4.79 Å². The zero-order valence-electron chi connectivity index (χ0n) is 11.7. The van der Waals surface area contributed by atoms with Crippen LogP contribution in [0.2, 0.25) is 0 Å². The van der Waals surface area contributed by atoms with Crippen LogP contribution in [-0.2, 0) is 9.63 Å². The van der Waals surface area contributed by atoms with Gasteiger partial charge in [0.2, 0.25) is 0 Å². The van der Waals surface area contributed by atoms with Crippen molar-refractivity contribution in [3.8, 4) is 0 Å². The van der Waals surface area contributed by atoms with Gasteiger partial charge < -0.3 is 10.2 Å². The van der Waals surface area contributed by atoms with E-state index in [-0.39, 0.29) is 6.61 Å². The number of nitrogens with one attached hydrogen (secondary N) is 2. The van der Waals surface area contributed by atoms with E-state index >= 15 is 0 Å². The van der Waals surface area contributed by atoms with E-state index in [4.69, 9.17) is 4.84 Å². The van der Waals surface area contributed by atoms with Crippen molar-refractivity contribution in [2.45, 2.75) is 20.3 Å². The van der Waals surface area contributed by atoms with E-state index < -0.39 is 11.9 Å². The predicted octanol–water partition coefficient (Wildman–Crippen LogP) is 1.58. The molecule has 108 valence electrons. The number of nitrogens with zero attached hydrogens (tertiary/aromatic N) is 1. The Morgan fingerprint density at radius 1 is 1.30 bits per heavy atom. The van der Waals surface area contributed by atoms with Crippen molar-refractivity contribution in [1.82, 2.24) is 10.6 Å². The van der Waals surface area contributed by atoms with E-state index in [1.807, 2.05) is 38.1 Å². The van der Waals surface area contributed by atoms with Crippen LogP contribution in [0.4, 0.5) is 4.79 Å². The van der Waals surface area contributed by atoms with E-state index in [2.05, 4.69) is 15.8 Å². The number of imide groups is 1. The number of oxime groups is 1. The molecule has 1 rings (SSSR count). The van der Waals surface area contributed by atoms with Crippen LogP contribution in [0.25, 0.3) is 0 Å². The Labute approximate surface area is 118 Å². The Kier molecular flexibility index (Phi) is 6.81. The number of amides is 3. The first kappa shape index (κ1) is 15.7. The van der Waals surface area contributed by atoms with Crippen molar-refractivity contribution in [3.63, 3.8) is 0 Å². The minimum atomic E-state index is -0.542. The molecular formula is C14H19N3O3. The van der Waals surface area contributed by atoms with Crippen LogP contribution in [0.5, 0.6) is 0 Å². The van der Waals surface area contributed by atoms with E-state index in [0.717, 1.165) is 17.5 Å². The van der Waals surface area contributed by atoms with Crippen molar-refractivity contribution < 1.29 is 14.4 Å². The molecule has 6 heteroatoms. The van der Waals surface area contributed by atoms with E-state index in [0.29, 0.717) is 6.54 Å². The lowest BCUT2D eigenvalue weighted by atomic mass is 10.2. The standard InChI is InChI=1S/C14H19N3O3/c1-3-8-15-14(19)17-13(18)10-20-16-9-12-6-4-11(2)5-7-12/h4-7,9H,3,8,10H2,1-2H3,(H2,15,17,18,19)/b16-9-. The fourth-order valence-electron chi connectivity index (χ4n) is 1.29. The minimum Gasteiger partial charge on any atom is -0.386 e. The topological polar surface area (TPSA) is 79.8 Å². The summed E-state index contributed by atoms with van der Waals surface area (Å²) >= 11 is 0. The molecule has 1 aromatic carbocycles. The molecule has 0 spiro atoms. The number of carbonyl (C=O) groups is 2. The second-order valence-corrected chi connectivity index (χ2v) is 4.22. The van der Waals surface area contributed by atoms with Crippen LogP contribution >= 0.6 is 0 Å². The molecule has 0 saturated carbocycles. The maximum Gasteiger partial charge on any atom is 0.321 e. The first-order valence-electron chi connectivity index (χ1n) is 6.41. The molecule has 0 atom stereocenters. The molecule has 0 radical (unpaired) electrons. The number of rotatable bonds is 6. The van der Waals surface area contributed by atoms with Gasteiger partial charge in [-0.3, -0.25) is 10.1 Å². The molecule has 2 N–H and O–H groups in total. The summed E-state index contributed by atoms with van der Waals surface area (Å²) < 4.78 is 0. The average Bonchev–Trinajstić information content (AvgIpc) is 2.43. The number of aryl methyl sites for hydroxylation is 1.